The molecule has 158 valence electrons. The summed E-state index contributed by atoms with van der Waals surface area (Å²) in [5.41, 5.74) is -0.371. The van der Waals surface area contributed by atoms with Crippen LogP contribution in [0, 0.1) is 34.5 Å². The monoisotopic (exact) mass is 416 g/mol. The van der Waals surface area contributed by atoms with Gasteiger partial charge in [-0.25, -0.2) is 0 Å². The predicted molar refractivity (Wildman–Crippen MR) is 114 cm³/mol. The lowest BCUT2D eigenvalue weighted by Gasteiger charge is -2.58. The molecule has 4 aliphatic carbocycles. The van der Waals surface area contributed by atoms with Gasteiger partial charge in [-0.3, -0.25) is 14.4 Å². The summed E-state index contributed by atoms with van der Waals surface area (Å²) in [6.07, 6.45) is 10.6. The molecule has 0 aromatic carbocycles. The van der Waals surface area contributed by atoms with Crippen molar-refractivity contribution in [1.82, 2.24) is 0 Å². The number of thiol groups is 1. The van der Waals surface area contributed by atoms with Gasteiger partial charge in [0.15, 0.2) is 11.4 Å². The Morgan fingerprint density at radius 1 is 1.24 bits per heavy atom. The Hall–Kier alpha value is -1.36. The van der Waals surface area contributed by atoms with E-state index in [1.165, 1.54) is 5.57 Å². The number of hydrogen-bond donors (Lipinski definition) is 1. The molecule has 5 heteroatoms. The number of esters is 1. The van der Waals surface area contributed by atoms with E-state index in [1.807, 2.05) is 13.0 Å². The van der Waals surface area contributed by atoms with Crippen molar-refractivity contribution in [2.75, 3.05) is 0 Å². The molecule has 0 aromatic heterocycles. The molecule has 4 nitrogen and oxygen atoms in total. The first kappa shape index (κ1) is 20.9. The van der Waals surface area contributed by atoms with Crippen molar-refractivity contribution in [3.63, 3.8) is 0 Å². The van der Waals surface area contributed by atoms with Crippen LogP contribution in [-0.4, -0.2) is 22.5 Å². The van der Waals surface area contributed by atoms with E-state index < -0.39 is 11.0 Å². The summed E-state index contributed by atoms with van der Waals surface area (Å²) in [6.45, 7) is 8.24. The van der Waals surface area contributed by atoms with Crippen LogP contribution in [0.25, 0.3) is 0 Å². The van der Waals surface area contributed by atoms with Crippen LogP contribution in [0.2, 0.25) is 0 Å². The van der Waals surface area contributed by atoms with Gasteiger partial charge < -0.3 is 4.74 Å². The molecule has 3 saturated carbocycles. The summed E-state index contributed by atoms with van der Waals surface area (Å²) in [5.74, 6) is 0.928. The number of rotatable bonds is 3. The van der Waals surface area contributed by atoms with Gasteiger partial charge in [-0.1, -0.05) is 39.3 Å². The Morgan fingerprint density at radius 2 is 1.97 bits per heavy atom. The van der Waals surface area contributed by atoms with Gasteiger partial charge in [0, 0.05) is 23.2 Å². The Kier molecular flexibility index (Phi) is 4.92. The van der Waals surface area contributed by atoms with Crippen LogP contribution in [0.1, 0.15) is 66.2 Å². The highest BCUT2D eigenvalue weighted by Gasteiger charge is 2.70. The number of allylic oxidation sites excluding steroid dienone is 4. The molecule has 0 amide bonds. The molecular weight excluding hydrogens is 384 g/mol. The van der Waals surface area contributed by atoms with Gasteiger partial charge >= 0.3 is 5.97 Å². The quantitative estimate of drug-likeness (QED) is 0.536. The van der Waals surface area contributed by atoms with E-state index in [0.717, 1.165) is 32.1 Å². The van der Waals surface area contributed by atoms with E-state index in [-0.39, 0.29) is 34.6 Å². The molecule has 0 aliphatic heterocycles. The fourth-order valence-corrected chi connectivity index (χ4v) is 8.01. The lowest BCUT2D eigenvalue weighted by molar-refractivity contribution is -0.189. The molecule has 4 aliphatic rings. The van der Waals surface area contributed by atoms with E-state index >= 15 is 0 Å². The van der Waals surface area contributed by atoms with Crippen LogP contribution in [0.15, 0.2) is 23.8 Å². The van der Waals surface area contributed by atoms with Gasteiger partial charge in [0.1, 0.15) is 0 Å². The molecule has 7 atom stereocenters. The van der Waals surface area contributed by atoms with Crippen molar-refractivity contribution < 1.29 is 19.1 Å². The number of ketones is 1. The van der Waals surface area contributed by atoms with E-state index in [2.05, 4.69) is 32.6 Å². The van der Waals surface area contributed by atoms with Crippen molar-refractivity contribution in [3.05, 3.63) is 23.8 Å². The summed E-state index contributed by atoms with van der Waals surface area (Å²) in [7, 11) is 0. The average Bonchev–Trinajstić information content (AvgIpc) is 2.90. The Labute approximate surface area is 178 Å². The largest absolute Gasteiger partial charge is 0.449 e. The molecule has 0 saturated heterocycles. The van der Waals surface area contributed by atoms with Crippen LogP contribution in [-0.2, 0) is 19.1 Å². The Balaban J connectivity index is 1.74. The smallest absolute Gasteiger partial charge is 0.306 e. The number of fused-ring (bicyclic) bond motifs is 5. The van der Waals surface area contributed by atoms with Crippen molar-refractivity contribution >= 4 is 29.5 Å². The van der Waals surface area contributed by atoms with Crippen LogP contribution in [0.4, 0.5) is 0 Å². The normalized spacial score (nSPS) is 45.7. The molecule has 4 rings (SSSR count). The van der Waals surface area contributed by atoms with Gasteiger partial charge in [-0.2, -0.15) is 0 Å². The maximum atomic E-state index is 12.9. The zero-order chi connectivity index (χ0) is 21.2. The SMILES string of the molecule is CCC(=O)OC1(C(=O)S)C(C)C[C@H]2[C@@H]3CCC4=CC(=O)C=C[C@]4(C)[C@H]3CC[C@@]21C. The minimum Gasteiger partial charge on any atom is -0.449 e. The Morgan fingerprint density at radius 3 is 2.62 bits per heavy atom. The third-order valence-electron chi connectivity index (χ3n) is 8.98. The molecule has 0 aromatic rings. The topological polar surface area (TPSA) is 60.4 Å². The van der Waals surface area contributed by atoms with Gasteiger partial charge in [0.25, 0.3) is 0 Å². The van der Waals surface area contributed by atoms with Crippen molar-refractivity contribution in [3.8, 4) is 0 Å². The summed E-state index contributed by atoms with van der Waals surface area (Å²) in [5, 5.41) is -0.305. The number of ether oxygens (including phenoxy) is 1. The second-order valence-corrected chi connectivity index (χ2v) is 10.5. The third kappa shape index (κ3) is 2.68. The van der Waals surface area contributed by atoms with Crippen molar-refractivity contribution in [2.45, 2.75) is 71.8 Å². The highest BCUT2D eigenvalue weighted by Crippen LogP contribution is 2.69. The summed E-state index contributed by atoms with van der Waals surface area (Å²) in [4.78, 5) is 37.2. The van der Waals surface area contributed by atoms with Crippen LogP contribution in [0.5, 0.6) is 0 Å². The summed E-state index contributed by atoms with van der Waals surface area (Å²) < 4.78 is 5.98. The second-order valence-electron chi connectivity index (χ2n) is 10.1. The molecule has 29 heavy (non-hydrogen) atoms. The average molecular weight is 417 g/mol. The van der Waals surface area contributed by atoms with Gasteiger partial charge in [0.2, 0.25) is 5.12 Å². The fourth-order valence-electron chi connectivity index (χ4n) is 7.49. The van der Waals surface area contributed by atoms with Crippen LogP contribution >= 0.6 is 12.6 Å². The van der Waals surface area contributed by atoms with Gasteiger partial charge in [-0.05, 0) is 62.0 Å². The van der Waals surface area contributed by atoms with E-state index in [4.69, 9.17) is 4.74 Å². The molecule has 0 heterocycles. The minimum absolute atomic E-state index is 0.0510. The highest BCUT2D eigenvalue weighted by molar-refractivity contribution is 7.96. The van der Waals surface area contributed by atoms with Crippen LogP contribution < -0.4 is 0 Å². The molecule has 2 unspecified atom stereocenters. The first-order valence-corrected chi connectivity index (χ1v) is 11.4. The third-order valence-corrected chi connectivity index (χ3v) is 9.31. The zero-order valence-electron chi connectivity index (χ0n) is 17.9. The molecule has 0 N–H and O–H groups in total. The van der Waals surface area contributed by atoms with Crippen molar-refractivity contribution in [1.29, 1.82) is 0 Å². The van der Waals surface area contributed by atoms with E-state index in [0.29, 0.717) is 17.8 Å². The number of hydrogen-bond acceptors (Lipinski definition) is 4. The second kappa shape index (κ2) is 6.83. The molecule has 0 spiro atoms. The lowest BCUT2D eigenvalue weighted by atomic mass is 9.47. The lowest BCUT2D eigenvalue weighted by Crippen LogP contribution is -2.59. The fraction of sp³-hybridized carbons (Fsp3) is 0.708. The first-order chi connectivity index (χ1) is 13.6. The van der Waals surface area contributed by atoms with Gasteiger partial charge in [0.05, 0.1) is 0 Å². The summed E-state index contributed by atoms with van der Waals surface area (Å²) in [6, 6.07) is 0. The summed E-state index contributed by atoms with van der Waals surface area (Å²) >= 11 is 4.27. The molecule has 0 bridgehead atoms. The maximum Gasteiger partial charge on any atom is 0.306 e. The molecule has 0 radical (unpaired) electrons. The minimum atomic E-state index is -1.14. The van der Waals surface area contributed by atoms with E-state index in [1.54, 1.807) is 13.0 Å². The van der Waals surface area contributed by atoms with E-state index in [9.17, 15) is 14.4 Å². The van der Waals surface area contributed by atoms with Crippen LogP contribution in [0.3, 0.4) is 0 Å². The highest BCUT2D eigenvalue weighted by atomic mass is 32.1. The zero-order valence-corrected chi connectivity index (χ0v) is 18.8. The predicted octanol–water partition coefficient (Wildman–Crippen LogP) is 4.69. The number of carbonyl (C=O) groups is 3. The standard InChI is InChI=1S/C24H32O4S/c1-5-20(26)28-24(21(27)29)14(2)12-19-17-7-6-15-13-16(25)8-10-22(15,3)18(17)9-11-23(19,24)4/h8,10,13-14,17-19H,5-7,9,11-12H2,1-4H3,(H,27,29)/t14?,17-,18+,19+,22+,23+,24?/m1/s1. The Bertz CT molecular complexity index is 829. The maximum absolute atomic E-state index is 12.9. The van der Waals surface area contributed by atoms with Gasteiger partial charge in [-0.15, -0.1) is 12.6 Å². The van der Waals surface area contributed by atoms with Crippen molar-refractivity contribution in [2.24, 2.45) is 34.5 Å². The number of carbonyl (C=O) groups excluding carboxylic acids is 3. The first-order valence-electron chi connectivity index (χ1n) is 11.0. The molecule has 3 fully saturated rings. The molecular formula is C24H32O4S.